The number of benzene rings is 3. The van der Waals surface area contributed by atoms with Crippen LogP contribution >= 0.6 is 0 Å². The standard InChI is InChI=1S/C28H30N2O2/c31-27(32)16-6-4-2-1-3-5-11-21-17-19-22(20-18-21)29-28-23-12-7-9-14-25(23)30-26-15-10-8-13-24(26)28/h7-10,12-15,17-20H,1-6,11,16H2,(H,29,30)(H,31,32). The van der Waals surface area contributed by atoms with E-state index in [4.69, 9.17) is 10.1 Å². The highest BCUT2D eigenvalue weighted by Crippen LogP contribution is 2.33. The van der Waals surface area contributed by atoms with Gasteiger partial charge in [-0.3, -0.25) is 4.79 Å². The molecule has 4 nitrogen and oxygen atoms in total. The van der Waals surface area contributed by atoms with E-state index in [0.29, 0.717) is 6.42 Å². The molecular formula is C28H30N2O2. The summed E-state index contributed by atoms with van der Waals surface area (Å²) in [6, 6.07) is 25.2. The summed E-state index contributed by atoms with van der Waals surface area (Å²) in [5, 5.41) is 14.6. The van der Waals surface area contributed by atoms with Gasteiger partial charge in [0.1, 0.15) is 0 Å². The molecule has 0 bridgehead atoms. The van der Waals surface area contributed by atoms with Crippen LogP contribution in [-0.4, -0.2) is 16.1 Å². The van der Waals surface area contributed by atoms with Gasteiger partial charge < -0.3 is 10.4 Å². The largest absolute Gasteiger partial charge is 0.481 e. The third kappa shape index (κ3) is 5.64. The molecule has 32 heavy (non-hydrogen) atoms. The SMILES string of the molecule is O=C(O)CCCCCCCCc1ccc(Nc2c3ccccc3nc3ccccc23)cc1. The zero-order chi connectivity index (χ0) is 22.2. The van der Waals surface area contributed by atoms with E-state index in [-0.39, 0.29) is 0 Å². The van der Waals surface area contributed by atoms with Gasteiger partial charge in [0.25, 0.3) is 0 Å². The zero-order valence-electron chi connectivity index (χ0n) is 18.4. The number of aliphatic carboxylic acids is 1. The molecule has 0 spiro atoms. The van der Waals surface area contributed by atoms with E-state index in [2.05, 4.69) is 66.0 Å². The molecule has 164 valence electrons. The van der Waals surface area contributed by atoms with Crippen molar-refractivity contribution in [3.8, 4) is 0 Å². The minimum atomic E-state index is -0.687. The predicted molar refractivity (Wildman–Crippen MR) is 133 cm³/mol. The molecule has 0 unspecified atom stereocenters. The molecule has 0 aliphatic carbocycles. The maximum absolute atomic E-state index is 10.5. The van der Waals surface area contributed by atoms with Crippen molar-refractivity contribution >= 4 is 39.1 Å². The predicted octanol–water partition coefficient (Wildman–Crippen LogP) is 7.49. The van der Waals surface area contributed by atoms with Crippen LogP contribution in [-0.2, 0) is 11.2 Å². The smallest absolute Gasteiger partial charge is 0.303 e. The van der Waals surface area contributed by atoms with Crippen molar-refractivity contribution in [2.24, 2.45) is 0 Å². The number of hydrogen-bond donors (Lipinski definition) is 2. The normalized spacial score (nSPS) is 11.1. The van der Waals surface area contributed by atoms with Crippen LogP contribution in [0.3, 0.4) is 0 Å². The van der Waals surface area contributed by atoms with Crippen molar-refractivity contribution < 1.29 is 9.90 Å². The van der Waals surface area contributed by atoms with Crippen molar-refractivity contribution in [2.75, 3.05) is 5.32 Å². The van der Waals surface area contributed by atoms with Crippen molar-refractivity contribution in [1.29, 1.82) is 0 Å². The van der Waals surface area contributed by atoms with Gasteiger partial charge in [-0.1, -0.05) is 74.2 Å². The minimum absolute atomic E-state index is 0.297. The zero-order valence-corrected chi connectivity index (χ0v) is 18.4. The summed E-state index contributed by atoms with van der Waals surface area (Å²) in [7, 11) is 0. The number of carboxylic acids is 1. The molecule has 1 heterocycles. The Kier molecular flexibility index (Phi) is 7.34. The number of para-hydroxylation sites is 2. The van der Waals surface area contributed by atoms with Gasteiger partial charge in [-0.05, 0) is 49.1 Å². The number of carboxylic acid groups (broad SMARTS) is 1. The third-order valence-corrected chi connectivity index (χ3v) is 5.92. The van der Waals surface area contributed by atoms with Gasteiger partial charge in [0.2, 0.25) is 0 Å². The number of nitrogens with zero attached hydrogens (tertiary/aromatic N) is 1. The highest BCUT2D eigenvalue weighted by molar-refractivity contribution is 6.08. The summed E-state index contributed by atoms with van der Waals surface area (Å²) in [5.41, 5.74) is 5.52. The van der Waals surface area contributed by atoms with Gasteiger partial charge in [-0.25, -0.2) is 4.98 Å². The number of aromatic nitrogens is 1. The topological polar surface area (TPSA) is 62.2 Å². The van der Waals surface area contributed by atoms with Gasteiger partial charge >= 0.3 is 5.97 Å². The first kappa shape index (κ1) is 21.8. The van der Waals surface area contributed by atoms with Crippen LogP contribution in [0.15, 0.2) is 72.8 Å². The average molecular weight is 427 g/mol. The average Bonchev–Trinajstić information content (AvgIpc) is 2.81. The fraction of sp³-hybridized carbons (Fsp3) is 0.286. The summed E-state index contributed by atoms with van der Waals surface area (Å²) < 4.78 is 0. The first-order chi connectivity index (χ1) is 15.7. The molecule has 0 radical (unpaired) electrons. The highest BCUT2D eigenvalue weighted by Gasteiger charge is 2.09. The second-order valence-electron chi connectivity index (χ2n) is 8.36. The van der Waals surface area contributed by atoms with Crippen LogP contribution in [0.2, 0.25) is 0 Å². The van der Waals surface area contributed by atoms with E-state index in [0.717, 1.165) is 58.9 Å². The highest BCUT2D eigenvalue weighted by atomic mass is 16.4. The summed E-state index contributed by atoms with van der Waals surface area (Å²) in [6.45, 7) is 0. The fourth-order valence-electron chi connectivity index (χ4n) is 4.19. The van der Waals surface area contributed by atoms with E-state index >= 15 is 0 Å². The Hall–Kier alpha value is -3.40. The number of nitrogens with one attached hydrogen (secondary N) is 1. The number of carbonyl (C=O) groups is 1. The molecule has 3 aromatic carbocycles. The summed E-state index contributed by atoms with van der Waals surface area (Å²) in [6.07, 6.45) is 7.87. The number of fused-ring (bicyclic) bond motifs is 2. The van der Waals surface area contributed by atoms with Crippen LogP contribution in [0, 0.1) is 0 Å². The summed E-state index contributed by atoms with van der Waals surface area (Å²) in [5.74, 6) is -0.687. The van der Waals surface area contributed by atoms with Crippen LogP contribution < -0.4 is 5.32 Å². The van der Waals surface area contributed by atoms with E-state index in [1.165, 1.54) is 24.8 Å². The Labute approximate surface area is 189 Å². The molecule has 4 rings (SSSR count). The molecule has 2 N–H and O–H groups in total. The van der Waals surface area contributed by atoms with Gasteiger partial charge in [-0.2, -0.15) is 0 Å². The van der Waals surface area contributed by atoms with E-state index in [1.54, 1.807) is 0 Å². The molecule has 0 atom stereocenters. The van der Waals surface area contributed by atoms with Crippen molar-refractivity contribution in [2.45, 2.75) is 51.4 Å². The lowest BCUT2D eigenvalue weighted by atomic mass is 10.0. The quantitative estimate of drug-likeness (QED) is 0.193. The van der Waals surface area contributed by atoms with E-state index in [1.807, 2.05) is 12.1 Å². The van der Waals surface area contributed by atoms with E-state index in [9.17, 15) is 4.79 Å². The van der Waals surface area contributed by atoms with Crippen molar-refractivity contribution in [3.63, 3.8) is 0 Å². The Morgan fingerprint density at radius 1 is 0.719 bits per heavy atom. The first-order valence-electron chi connectivity index (χ1n) is 11.6. The lowest BCUT2D eigenvalue weighted by molar-refractivity contribution is -0.137. The fourth-order valence-corrected chi connectivity index (χ4v) is 4.19. The molecule has 0 aliphatic rings. The number of hydrogen-bond acceptors (Lipinski definition) is 3. The van der Waals surface area contributed by atoms with Crippen LogP contribution in [0.4, 0.5) is 11.4 Å². The molecule has 1 aromatic heterocycles. The molecule has 4 heteroatoms. The second-order valence-corrected chi connectivity index (χ2v) is 8.36. The number of aryl methyl sites for hydroxylation is 1. The van der Waals surface area contributed by atoms with Crippen LogP contribution in [0.25, 0.3) is 21.8 Å². The number of unbranched alkanes of at least 4 members (excludes halogenated alkanes) is 5. The lowest BCUT2D eigenvalue weighted by Gasteiger charge is -2.13. The molecule has 0 saturated carbocycles. The monoisotopic (exact) mass is 426 g/mol. The van der Waals surface area contributed by atoms with Crippen molar-refractivity contribution in [1.82, 2.24) is 4.98 Å². The van der Waals surface area contributed by atoms with Crippen molar-refractivity contribution in [3.05, 3.63) is 78.4 Å². The number of pyridine rings is 1. The maximum atomic E-state index is 10.5. The Morgan fingerprint density at radius 2 is 1.28 bits per heavy atom. The molecule has 4 aromatic rings. The molecule has 0 aliphatic heterocycles. The minimum Gasteiger partial charge on any atom is -0.481 e. The Morgan fingerprint density at radius 3 is 1.91 bits per heavy atom. The second kappa shape index (κ2) is 10.8. The molecule has 0 fully saturated rings. The first-order valence-corrected chi connectivity index (χ1v) is 11.6. The molecule has 0 amide bonds. The van der Waals surface area contributed by atoms with Crippen LogP contribution in [0.5, 0.6) is 0 Å². The Bertz CT molecular complexity index is 1130. The Balaban J connectivity index is 1.35. The summed E-state index contributed by atoms with van der Waals surface area (Å²) >= 11 is 0. The van der Waals surface area contributed by atoms with Gasteiger partial charge in [-0.15, -0.1) is 0 Å². The van der Waals surface area contributed by atoms with Gasteiger partial charge in [0.05, 0.1) is 16.7 Å². The van der Waals surface area contributed by atoms with Crippen LogP contribution in [0.1, 0.15) is 50.5 Å². The third-order valence-electron chi connectivity index (χ3n) is 5.92. The molecule has 0 saturated heterocycles. The lowest BCUT2D eigenvalue weighted by Crippen LogP contribution is -1.96. The van der Waals surface area contributed by atoms with Gasteiger partial charge in [0, 0.05) is 22.9 Å². The maximum Gasteiger partial charge on any atom is 0.303 e. The number of rotatable bonds is 11. The molecular weight excluding hydrogens is 396 g/mol. The number of anilines is 2. The van der Waals surface area contributed by atoms with E-state index < -0.39 is 5.97 Å². The summed E-state index contributed by atoms with van der Waals surface area (Å²) in [4.78, 5) is 15.3. The van der Waals surface area contributed by atoms with Gasteiger partial charge in [0.15, 0.2) is 0 Å².